The maximum absolute atomic E-state index is 3.64. The Morgan fingerprint density at radius 1 is 1.14 bits per heavy atom. The van der Waals surface area contributed by atoms with E-state index < -0.39 is 0 Å². The maximum Gasteiger partial charge on any atom is 0.0298 e. The van der Waals surface area contributed by atoms with Gasteiger partial charge in [-0.1, -0.05) is 36.4 Å². The van der Waals surface area contributed by atoms with E-state index in [0.29, 0.717) is 0 Å². The molecule has 0 unspecified atom stereocenters. The van der Waals surface area contributed by atoms with Gasteiger partial charge in [-0.25, -0.2) is 0 Å². The lowest BCUT2D eigenvalue weighted by Gasteiger charge is -2.07. The molecular weight excluding hydrogens is 238 g/mol. The smallest absolute Gasteiger partial charge is 0.0298 e. The Bertz CT molecular complexity index is 451. The second-order valence-corrected chi connectivity index (χ2v) is 4.08. The van der Waals surface area contributed by atoms with Gasteiger partial charge in [-0.3, -0.25) is 0 Å². The van der Waals surface area contributed by atoms with E-state index in [9.17, 15) is 0 Å². The van der Waals surface area contributed by atoms with Crippen LogP contribution in [-0.4, -0.2) is 7.05 Å². The minimum atomic E-state index is 0.894. The Balaban J connectivity index is 2.63. The molecule has 1 nitrogen and oxygen atoms in total. The monoisotopic (exact) mass is 249 g/mol. The molecule has 0 spiro atoms. The van der Waals surface area contributed by atoms with Crippen LogP contribution in [0.4, 0.5) is 0 Å². The molecule has 14 heavy (non-hydrogen) atoms. The molecule has 1 N–H and O–H groups in total. The molecule has 0 aliphatic heterocycles. The summed E-state index contributed by atoms with van der Waals surface area (Å²) in [5, 5.41) is 5.71. The average molecular weight is 250 g/mol. The predicted octanol–water partition coefficient (Wildman–Crippen LogP) is 3.32. The first-order valence-corrected chi connectivity index (χ1v) is 5.43. The van der Waals surface area contributed by atoms with Crippen LogP contribution in [0.25, 0.3) is 10.8 Å². The fourth-order valence-corrected chi connectivity index (χ4v) is 2.24. The van der Waals surface area contributed by atoms with E-state index >= 15 is 0 Å². The Morgan fingerprint density at radius 2 is 1.93 bits per heavy atom. The zero-order valence-corrected chi connectivity index (χ0v) is 9.64. The standard InChI is InChI=1S/C12H12BrN/c1-14-8-10-7-6-9-4-2-3-5-11(9)12(10)13/h2-7,14H,8H2,1H3. The molecule has 0 bridgehead atoms. The summed E-state index contributed by atoms with van der Waals surface area (Å²) in [6.07, 6.45) is 0. The first kappa shape index (κ1) is 9.69. The van der Waals surface area contributed by atoms with Gasteiger partial charge in [-0.05, 0) is 39.3 Å². The second kappa shape index (κ2) is 4.11. The van der Waals surface area contributed by atoms with Crippen molar-refractivity contribution in [2.75, 3.05) is 7.05 Å². The lowest BCUT2D eigenvalue weighted by molar-refractivity contribution is 0.816. The molecule has 0 saturated heterocycles. The van der Waals surface area contributed by atoms with Gasteiger partial charge in [0.05, 0.1) is 0 Å². The van der Waals surface area contributed by atoms with Crippen molar-refractivity contribution >= 4 is 26.7 Å². The Labute approximate surface area is 92.3 Å². The van der Waals surface area contributed by atoms with E-state index in [1.165, 1.54) is 20.8 Å². The number of benzene rings is 2. The maximum atomic E-state index is 3.64. The summed E-state index contributed by atoms with van der Waals surface area (Å²) < 4.78 is 1.20. The summed E-state index contributed by atoms with van der Waals surface area (Å²) in [4.78, 5) is 0. The van der Waals surface area contributed by atoms with Crippen molar-refractivity contribution in [3.05, 3.63) is 46.4 Å². The molecule has 0 aromatic heterocycles. The van der Waals surface area contributed by atoms with E-state index in [2.05, 4.69) is 57.6 Å². The summed E-state index contributed by atoms with van der Waals surface area (Å²) >= 11 is 3.64. The molecule has 0 atom stereocenters. The van der Waals surface area contributed by atoms with Crippen LogP contribution in [0, 0.1) is 0 Å². The first-order valence-electron chi connectivity index (χ1n) is 4.63. The van der Waals surface area contributed by atoms with Crippen LogP contribution in [0.1, 0.15) is 5.56 Å². The summed E-state index contributed by atoms with van der Waals surface area (Å²) in [5.74, 6) is 0. The highest BCUT2D eigenvalue weighted by Crippen LogP contribution is 2.27. The number of nitrogens with one attached hydrogen (secondary N) is 1. The number of rotatable bonds is 2. The van der Waals surface area contributed by atoms with Gasteiger partial charge >= 0.3 is 0 Å². The second-order valence-electron chi connectivity index (χ2n) is 3.29. The molecule has 0 radical (unpaired) electrons. The van der Waals surface area contributed by atoms with Gasteiger partial charge in [0.25, 0.3) is 0 Å². The van der Waals surface area contributed by atoms with Crippen molar-refractivity contribution in [3.8, 4) is 0 Å². The number of hydrogen-bond donors (Lipinski definition) is 1. The SMILES string of the molecule is CNCc1ccc2ccccc2c1Br. The van der Waals surface area contributed by atoms with Crippen molar-refractivity contribution in [1.29, 1.82) is 0 Å². The van der Waals surface area contributed by atoms with E-state index in [-0.39, 0.29) is 0 Å². The van der Waals surface area contributed by atoms with Crippen molar-refractivity contribution in [2.45, 2.75) is 6.54 Å². The average Bonchev–Trinajstić information content (AvgIpc) is 2.23. The fraction of sp³-hybridized carbons (Fsp3) is 0.167. The van der Waals surface area contributed by atoms with E-state index in [0.717, 1.165) is 6.54 Å². The lowest BCUT2D eigenvalue weighted by Crippen LogP contribution is -2.05. The highest BCUT2D eigenvalue weighted by atomic mass is 79.9. The van der Waals surface area contributed by atoms with Crippen LogP contribution in [0.3, 0.4) is 0 Å². The van der Waals surface area contributed by atoms with Gasteiger partial charge in [0.2, 0.25) is 0 Å². The van der Waals surface area contributed by atoms with Crippen LogP contribution in [0.15, 0.2) is 40.9 Å². The van der Waals surface area contributed by atoms with Gasteiger partial charge in [0.15, 0.2) is 0 Å². The number of fused-ring (bicyclic) bond motifs is 1. The largest absolute Gasteiger partial charge is 0.316 e. The van der Waals surface area contributed by atoms with Crippen LogP contribution in [-0.2, 0) is 6.54 Å². The zero-order valence-electron chi connectivity index (χ0n) is 8.05. The van der Waals surface area contributed by atoms with Gasteiger partial charge in [-0.15, -0.1) is 0 Å². The lowest BCUT2D eigenvalue weighted by atomic mass is 10.1. The number of halogens is 1. The first-order chi connectivity index (χ1) is 6.83. The molecule has 72 valence electrons. The van der Waals surface area contributed by atoms with Gasteiger partial charge in [0.1, 0.15) is 0 Å². The summed E-state index contributed by atoms with van der Waals surface area (Å²) in [6.45, 7) is 0.894. The van der Waals surface area contributed by atoms with Crippen LogP contribution in [0.2, 0.25) is 0 Å². The van der Waals surface area contributed by atoms with Crippen molar-refractivity contribution in [1.82, 2.24) is 5.32 Å². The molecule has 0 aliphatic rings. The molecule has 2 aromatic carbocycles. The molecule has 0 amide bonds. The van der Waals surface area contributed by atoms with Gasteiger partial charge < -0.3 is 5.32 Å². The van der Waals surface area contributed by atoms with E-state index in [1.54, 1.807) is 0 Å². The summed E-state index contributed by atoms with van der Waals surface area (Å²) in [6, 6.07) is 12.7. The fourth-order valence-electron chi connectivity index (χ4n) is 1.61. The molecular formula is C12H12BrN. The molecule has 0 saturated carbocycles. The summed E-state index contributed by atoms with van der Waals surface area (Å²) in [7, 11) is 1.96. The molecule has 2 aromatic rings. The normalized spacial score (nSPS) is 10.7. The Morgan fingerprint density at radius 3 is 2.71 bits per heavy atom. The highest BCUT2D eigenvalue weighted by molar-refractivity contribution is 9.10. The minimum absolute atomic E-state index is 0.894. The van der Waals surface area contributed by atoms with Crippen molar-refractivity contribution in [3.63, 3.8) is 0 Å². The van der Waals surface area contributed by atoms with Crippen molar-refractivity contribution < 1.29 is 0 Å². The third-order valence-electron chi connectivity index (χ3n) is 2.31. The van der Waals surface area contributed by atoms with E-state index in [4.69, 9.17) is 0 Å². The predicted molar refractivity (Wildman–Crippen MR) is 64.4 cm³/mol. The van der Waals surface area contributed by atoms with Gasteiger partial charge in [0, 0.05) is 11.0 Å². The highest BCUT2D eigenvalue weighted by Gasteiger charge is 2.02. The van der Waals surface area contributed by atoms with Crippen LogP contribution in [0.5, 0.6) is 0 Å². The summed E-state index contributed by atoms with van der Waals surface area (Å²) in [5.41, 5.74) is 1.30. The molecule has 0 heterocycles. The minimum Gasteiger partial charge on any atom is -0.316 e. The number of hydrogen-bond acceptors (Lipinski definition) is 1. The van der Waals surface area contributed by atoms with Crippen LogP contribution >= 0.6 is 15.9 Å². The Kier molecular flexibility index (Phi) is 2.85. The molecule has 2 rings (SSSR count). The van der Waals surface area contributed by atoms with Crippen LogP contribution < -0.4 is 5.32 Å². The Hall–Kier alpha value is -0.860. The van der Waals surface area contributed by atoms with Crippen molar-refractivity contribution in [2.24, 2.45) is 0 Å². The molecule has 2 heteroatoms. The molecule has 0 aliphatic carbocycles. The zero-order chi connectivity index (χ0) is 9.97. The molecule has 0 fully saturated rings. The quantitative estimate of drug-likeness (QED) is 0.862. The third kappa shape index (κ3) is 1.68. The topological polar surface area (TPSA) is 12.0 Å². The van der Waals surface area contributed by atoms with Gasteiger partial charge in [-0.2, -0.15) is 0 Å². The van der Waals surface area contributed by atoms with E-state index in [1.807, 2.05) is 7.05 Å². The third-order valence-corrected chi connectivity index (χ3v) is 3.25.